The molecule has 2 rings (SSSR count). The maximum Gasteiger partial charge on any atom is 0.320 e. The van der Waals surface area contributed by atoms with Crippen molar-refractivity contribution in [3.63, 3.8) is 0 Å². The van der Waals surface area contributed by atoms with Crippen LogP contribution in [0, 0.1) is 5.92 Å². The summed E-state index contributed by atoms with van der Waals surface area (Å²) in [7, 11) is 0. The Morgan fingerprint density at radius 1 is 1.42 bits per heavy atom. The molecule has 1 fully saturated rings. The molecule has 4 heteroatoms. The van der Waals surface area contributed by atoms with Gasteiger partial charge in [-0.25, -0.2) is 0 Å². The van der Waals surface area contributed by atoms with E-state index < -0.39 is 5.97 Å². The van der Waals surface area contributed by atoms with Gasteiger partial charge < -0.3 is 5.11 Å². The summed E-state index contributed by atoms with van der Waals surface area (Å²) in [6, 6.07) is 7.78. The lowest BCUT2D eigenvalue weighted by Crippen LogP contribution is -2.46. The Kier molecular flexibility index (Phi) is 4.99. The summed E-state index contributed by atoms with van der Waals surface area (Å²) in [5, 5.41) is 9.39. The third-order valence-electron chi connectivity index (χ3n) is 3.98. The van der Waals surface area contributed by atoms with Crippen molar-refractivity contribution in [2.45, 2.75) is 38.8 Å². The molecule has 104 valence electrons. The average molecular weight is 326 g/mol. The molecule has 0 amide bonds. The van der Waals surface area contributed by atoms with E-state index in [-0.39, 0.29) is 6.04 Å². The van der Waals surface area contributed by atoms with E-state index in [1.54, 1.807) is 0 Å². The highest BCUT2D eigenvalue weighted by Crippen LogP contribution is 2.27. The molecule has 1 aromatic carbocycles. The minimum absolute atomic E-state index is 0.331. The second kappa shape index (κ2) is 6.53. The van der Waals surface area contributed by atoms with Gasteiger partial charge in [0.05, 0.1) is 0 Å². The summed E-state index contributed by atoms with van der Waals surface area (Å²) >= 11 is 3.42. The van der Waals surface area contributed by atoms with Gasteiger partial charge in [0, 0.05) is 11.0 Å². The van der Waals surface area contributed by atoms with E-state index in [2.05, 4.69) is 39.9 Å². The largest absolute Gasteiger partial charge is 0.480 e. The number of likely N-dealkylation sites (tertiary alicyclic amines) is 1. The lowest BCUT2D eigenvalue weighted by Gasteiger charge is -2.37. The number of carboxylic acid groups (broad SMARTS) is 1. The van der Waals surface area contributed by atoms with Crippen molar-refractivity contribution in [2.75, 3.05) is 6.54 Å². The standard InChI is InChI=1S/C15H20BrNO2/c1-2-11-7-8-17(14(9-11)15(18)19)10-12-3-5-13(16)6-4-12/h3-6,11,14H,2,7-10H2,1H3,(H,18,19). The van der Waals surface area contributed by atoms with E-state index >= 15 is 0 Å². The number of piperidine rings is 1. The van der Waals surface area contributed by atoms with Crippen LogP contribution in [0.2, 0.25) is 0 Å². The fourth-order valence-electron chi connectivity index (χ4n) is 2.73. The average Bonchev–Trinajstić information content (AvgIpc) is 2.41. The van der Waals surface area contributed by atoms with Gasteiger partial charge in [0.2, 0.25) is 0 Å². The second-order valence-electron chi connectivity index (χ2n) is 5.25. The van der Waals surface area contributed by atoms with Gasteiger partial charge in [0.25, 0.3) is 0 Å². The Labute approximate surface area is 122 Å². The number of nitrogens with zero attached hydrogens (tertiary/aromatic N) is 1. The van der Waals surface area contributed by atoms with Crippen molar-refractivity contribution in [1.82, 2.24) is 4.90 Å². The SMILES string of the molecule is CCC1CCN(Cc2ccc(Br)cc2)C(C(=O)O)C1. The minimum atomic E-state index is -0.685. The zero-order chi connectivity index (χ0) is 13.8. The van der Waals surface area contributed by atoms with Crippen LogP contribution >= 0.6 is 15.9 Å². The van der Waals surface area contributed by atoms with E-state index in [9.17, 15) is 9.90 Å². The molecule has 1 aliphatic rings. The Morgan fingerprint density at radius 2 is 2.11 bits per heavy atom. The highest BCUT2D eigenvalue weighted by molar-refractivity contribution is 9.10. The molecule has 0 radical (unpaired) electrons. The number of carboxylic acids is 1. The summed E-state index contributed by atoms with van der Waals surface area (Å²) in [4.78, 5) is 13.5. The number of benzene rings is 1. The number of hydrogen-bond donors (Lipinski definition) is 1. The molecule has 0 spiro atoms. The second-order valence-corrected chi connectivity index (χ2v) is 6.17. The van der Waals surface area contributed by atoms with Crippen LogP contribution in [0.25, 0.3) is 0 Å². The molecular weight excluding hydrogens is 306 g/mol. The first-order valence-electron chi connectivity index (χ1n) is 6.81. The van der Waals surface area contributed by atoms with Gasteiger partial charge in [0.15, 0.2) is 0 Å². The van der Waals surface area contributed by atoms with Crippen molar-refractivity contribution in [3.8, 4) is 0 Å². The fourth-order valence-corrected chi connectivity index (χ4v) is 2.99. The molecule has 1 saturated heterocycles. The van der Waals surface area contributed by atoms with E-state index in [1.807, 2.05) is 12.1 Å². The molecule has 1 aromatic rings. The summed E-state index contributed by atoms with van der Waals surface area (Å²) in [5.41, 5.74) is 1.17. The number of halogens is 1. The topological polar surface area (TPSA) is 40.5 Å². The van der Waals surface area contributed by atoms with Crippen LogP contribution in [-0.2, 0) is 11.3 Å². The highest BCUT2D eigenvalue weighted by atomic mass is 79.9. The Hall–Kier alpha value is -0.870. The molecule has 3 nitrogen and oxygen atoms in total. The van der Waals surface area contributed by atoms with Crippen LogP contribution in [0.15, 0.2) is 28.7 Å². The molecule has 2 atom stereocenters. The van der Waals surface area contributed by atoms with Gasteiger partial charge in [-0.15, -0.1) is 0 Å². The summed E-state index contributed by atoms with van der Waals surface area (Å²) < 4.78 is 1.05. The molecular formula is C15H20BrNO2. The minimum Gasteiger partial charge on any atom is -0.480 e. The Morgan fingerprint density at radius 3 is 2.68 bits per heavy atom. The van der Waals surface area contributed by atoms with Crippen LogP contribution in [0.3, 0.4) is 0 Å². The molecule has 0 bridgehead atoms. The summed E-state index contributed by atoms with van der Waals surface area (Å²) in [6.07, 6.45) is 2.97. The Bertz CT molecular complexity index is 432. The van der Waals surface area contributed by atoms with Gasteiger partial charge in [-0.2, -0.15) is 0 Å². The first-order chi connectivity index (χ1) is 9.10. The van der Waals surface area contributed by atoms with Crippen molar-refractivity contribution in [3.05, 3.63) is 34.3 Å². The monoisotopic (exact) mass is 325 g/mol. The van der Waals surface area contributed by atoms with Gasteiger partial charge in [-0.1, -0.05) is 41.4 Å². The number of hydrogen-bond acceptors (Lipinski definition) is 2. The van der Waals surface area contributed by atoms with Crippen LogP contribution in [0.1, 0.15) is 31.7 Å². The zero-order valence-corrected chi connectivity index (χ0v) is 12.8. The molecule has 0 aliphatic carbocycles. The molecule has 0 saturated carbocycles. The maximum atomic E-state index is 11.4. The van der Waals surface area contributed by atoms with E-state index in [0.717, 1.165) is 36.8 Å². The highest BCUT2D eigenvalue weighted by Gasteiger charge is 2.32. The fraction of sp³-hybridized carbons (Fsp3) is 0.533. The number of rotatable bonds is 4. The predicted octanol–water partition coefficient (Wildman–Crippen LogP) is 3.52. The zero-order valence-electron chi connectivity index (χ0n) is 11.2. The predicted molar refractivity (Wildman–Crippen MR) is 79.0 cm³/mol. The van der Waals surface area contributed by atoms with Crippen LogP contribution in [-0.4, -0.2) is 28.6 Å². The first kappa shape index (κ1) is 14.5. The van der Waals surface area contributed by atoms with Crippen LogP contribution < -0.4 is 0 Å². The smallest absolute Gasteiger partial charge is 0.320 e. The van der Waals surface area contributed by atoms with E-state index in [1.165, 1.54) is 5.56 Å². The summed E-state index contributed by atoms with van der Waals surface area (Å²) in [6.45, 7) is 3.75. The van der Waals surface area contributed by atoms with Crippen molar-refractivity contribution in [1.29, 1.82) is 0 Å². The normalized spacial score (nSPS) is 24.3. The van der Waals surface area contributed by atoms with Gasteiger partial charge in [-0.05, 0) is 43.0 Å². The third-order valence-corrected chi connectivity index (χ3v) is 4.51. The van der Waals surface area contributed by atoms with Crippen molar-refractivity contribution >= 4 is 21.9 Å². The molecule has 1 heterocycles. The van der Waals surface area contributed by atoms with Crippen molar-refractivity contribution < 1.29 is 9.90 Å². The third kappa shape index (κ3) is 3.80. The van der Waals surface area contributed by atoms with Crippen molar-refractivity contribution in [2.24, 2.45) is 5.92 Å². The van der Waals surface area contributed by atoms with E-state index in [4.69, 9.17) is 0 Å². The molecule has 1 N–H and O–H groups in total. The van der Waals surface area contributed by atoms with Gasteiger partial charge in [0.1, 0.15) is 6.04 Å². The molecule has 1 aliphatic heterocycles. The number of aliphatic carboxylic acids is 1. The molecule has 0 aromatic heterocycles. The molecule has 19 heavy (non-hydrogen) atoms. The summed E-state index contributed by atoms with van der Waals surface area (Å²) in [5.74, 6) is -0.127. The quantitative estimate of drug-likeness (QED) is 0.920. The van der Waals surface area contributed by atoms with Crippen LogP contribution in [0.5, 0.6) is 0 Å². The molecule has 2 unspecified atom stereocenters. The van der Waals surface area contributed by atoms with Gasteiger partial charge >= 0.3 is 5.97 Å². The Balaban J connectivity index is 2.05. The van der Waals surface area contributed by atoms with Crippen LogP contribution in [0.4, 0.5) is 0 Å². The lowest BCUT2D eigenvalue weighted by molar-refractivity contribution is -0.145. The lowest BCUT2D eigenvalue weighted by atomic mass is 9.88. The van der Waals surface area contributed by atoms with Gasteiger partial charge in [-0.3, -0.25) is 9.69 Å². The first-order valence-corrected chi connectivity index (χ1v) is 7.60. The number of carbonyl (C=O) groups is 1. The van der Waals surface area contributed by atoms with E-state index in [0.29, 0.717) is 5.92 Å². The maximum absolute atomic E-state index is 11.4.